The Labute approximate surface area is 169 Å². The number of imide groups is 1. The largest absolute Gasteiger partial charge is 0.502 e. The number of nitrogens with zero attached hydrogens (tertiary/aromatic N) is 3. The van der Waals surface area contributed by atoms with Crippen LogP contribution in [0.1, 0.15) is 18.1 Å². The van der Waals surface area contributed by atoms with Gasteiger partial charge < -0.3 is 15.2 Å². The predicted octanol–water partition coefficient (Wildman–Crippen LogP) is 2.76. The normalized spacial score (nSPS) is 18.9. The average Bonchev–Trinajstić information content (AvgIpc) is 2.91. The van der Waals surface area contributed by atoms with E-state index < -0.39 is 33.8 Å². The van der Waals surface area contributed by atoms with Gasteiger partial charge in [-0.1, -0.05) is 23.7 Å². The van der Waals surface area contributed by atoms with Gasteiger partial charge in [-0.3, -0.25) is 14.9 Å². The summed E-state index contributed by atoms with van der Waals surface area (Å²) in [5.41, 5.74) is -1.61. The van der Waals surface area contributed by atoms with Gasteiger partial charge in [-0.15, -0.1) is 5.01 Å². The SMILES string of the molecule is COc1ccc(C2(C)NC(=O)N(N=Cc3cc(Cl)cc([N+](=O)[O-])c3O)C2=O)cc1. The third-order valence-corrected chi connectivity index (χ3v) is 4.65. The van der Waals surface area contributed by atoms with Gasteiger partial charge in [-0.05, 0) is 30.7 Å². The second kappa shape index (κ2) is 7.40. The molecule has 3 amide bonds. The maximum Gasteiger partial charge on any atom is 0.346 e. The number of amides is 3. The molecule has 3 rings (SSSR count). The van der Waals surface area contributed by atoms with Crippen molar-refractivity contribution in [2.24, 2.45) is 5.10 Å². The van der Waals surface area contributed by atoms with Gasteiger partial charge in [0, 0.05) is 16.7 Å². The van der Waals surface area contributed by atoms with Crippen molar-refractivity contribution in [1.82, 2.24) is 10.3 Å². The van der Waals surface area contributed by atoms with E-state index in [1.807, 2.05) is 0 Å². The zero-order chi connectivity index (χ0) is 21.3. The first-order chi connectivity index (χ1) is 13.7. The lowest BCUT2D eigenvalue weighted by Crippen LogP contribution is -2.40. The van der Waals surface area contributed by atoms with Gasteiger partial charge in [0.1, 0.15) is 11.3 Å². The van der Waals surface area contributed by atoms with Gasteiger partial charge in [0.2, 0.25) is 5.75 Å². The third kappa shape index (κ3) is 3.57. The van der Waals surface area contributed by atoms with Crippen molar-refractivity contribution < 1.29 is 24.4 Å². The van der Waals surface area contributed by atoms with Crippen LogP contribution >= 0.6 is 11.6 Å². The molecule has 0 saturated carbocycles. The number of hydrogen-bond acceptors (Lipinski definition) is 7. The molecular weight excluding hydrogens is 404 g/mol. The lowest BCUT2D eigenvalue weighted by molar-refractivity contribution is -0.385. The number of phenols is 1. The number of nitrogens with one attached hydrogen (secondary N) is 1. The molecule has 2 N–H and O–H groups in total. The Morgan fingerprint density at radius 1 is 1.31 bits per heavy atom. The van der Waals surface area contributed by atoms with Crippen LogP contribution in [-0.2, 0) is 10.3 Å². The number of nitro groups is 1. The van der Waals surface area contributed by atoms with Crippen LogP contribution in [0.2, 0.25) is 5.02 Å². The first-order valence-corrected chi connectivity index (χ1v) is 8.57. The van der Waals surface area contributed by atoms with E-state index in [0.717, 1.165) is 12.3 Å². The Hall–Kier alpha value is -3.66. The molecule has 10 nitrogen and oxygen atoms in total. The summed E-state index contributed by atoms with van der Waals surface area (Å²) in [5, 5.41) is 27.9. The number of carbonyl (C=O) groups excluding carboxylic acids is 2. The van der Waals surface area contributed by atoms with Gasteiger partial charge in [-0.25, -0.2) is 4.79 Å². The molecule has 1 saturated heterocycles. The Bertz CT molecular complexity index is 1040. The standard InChI is InChI=1S/C18H15ClN4O6/c1-18(11-3-5-13(29-2)6-4-11)16(25)22(17(26)21-18)20-9-10-7-12(19)8-14(15(10)24)23(27)28/h3-9,24H,1-2H3,(H,21,26). The van der Waals surface area contributed by atoms with E-state index in [4.69, 9.17) is 16.3 Å². The molecule has 0 radical (unpaired) electrons. The smallest absolute Gasteiger partial charge is 0.346 e. The van der Waals surface area contributed by atoms with Gasteiger partial charge in [0.15, 0.2) is 0 Å². The highest BCUT2D eigenvalue weighted by Crippen LogP contribution is 2.33. The first-order valence-electron chi connectivity index (χ1n) is 8.19. The molecular formula is C18H15ClN4O6. The number of ether oxygens (including phenoxy) is 1. The molecule has 1 fully saturated rings. The van der Waals surface area contributed by atoms with Gasteiger partial charge in [0.05, 0.1) is 18.2 Å². The number of urea groups is 1. The minimum absolute atomic E-state index is 0.0174. The number of hydrazone groups is 1. The van der Waals surface area contributed by atoms with E-state index in [1.165, 1.54) is 20.1 Å². The Morgan fingerprint density at radius 2 is 1.97 bits per heavy atom. The summed E-state index contributed by atoms with van der Waals surface area (Å²) in [7, 11) is 1.51. The lowest BCUT2D eigenvalue weighted by atomic mass is 9.92. The molecule has 0 aromatic heterocycles. The molecule has 1 unspecified atom stereocenters. The molecule has 1 atom stereocenters. The Balaban J connectivity index is 1.92. The molecule has 2 aromatic rings. The maximum absolute atomic E-state index is 12.8. The van der Waals surface area contributed by atoms with Gasteiger partial charge in [-0.2, -0.15) is 5.10 Å². The van der Waals surface area contributed by atoms with Crippen LogP contribution in [0.3, 0.4) is 0 Å². The van der Waals surface area contributed by atoms with Gasteiger partial charge >= 0.3 is 11.7 Å². The highest BCUT2D eigenvalue weighted by molar-refractivity contribution is 6.31. The zero-order valence-corrected chi connectivity index (χ0v) is 16.0. The maximum atomic E-state index is 12.8. The summed E-state index contributed by atoms with van der Waals surface area (Å²) in [6.45, 7) is 1.52. The topological polar surface area (TPSA) is 134 Å². The summed E-state index contributed by atoms with van der Waals surface area (Å²) in [5.74, 6) is -0.768. The minimum Gasteiger partial charge on any atom is -0.502 e. The number of aromatic hydroxyl groups is 1. The van der Waals surface area contributed by atoms with E-state index in [0.29, 0.717) is 16.3 Å². The monoisotopic (exact) mass is 418 g/mol. The summed E-state index contributed by atoms with van der Waals surface area (Å²) in [6, 6.07) is 7.97. The number of hydrogen-bond donors (Lipinski definition) is 2. The van der Waals surface area contributed by atoms with Gasteiger partial charge in [0.25, 0.3) is 5.91 Å². The molecule has 0 spiro atoms. The Kier molecular flexibility index (Phi) is 5.12. The van der Waals surface area contributed by atoms with Crippen molar-refractivity contribution in [2.45, 2.75) is 12.5 Å². The molecule has 1 aliphatic heterocycles. The molecule has 0 aliphatic carbocycles. The molecule has 1 aliphatic rings. The first kappa shape index (κ1) is 20.1. The second-order valence-corrected chi connectivity index (χ2v) is 6.70. The fraction of sp³-hybridized carbons (Fsp3) is 0.167. The summed E-state index contributed by atoms with van der Waals surface area (Å²) >= 11 is 5.82. The molecule has 2 aromatic carbocycles. The van der Waals surface area contributed by atoms with E-state index in [-0.39, 0.29) is 10.6 Å². The zero-order valence-electron chi connectivity index (χ0n) is 15.2. The van der Waals surface area contributed by atoms with Crippen LogP contribution in [0.25, 0.3) is 0 Å². The van der Waals surface area contributed by atoms with E-state index >= 15 is 0 Å². The Morgan fingerprint density at radius 3 is 2.55 bits per heavy atom. The third-order valence-electron chi connectivity index (χ3n) is 4.43. The quantitative estimate of drug-likeness (QED) is 0.332. The average molecular weight is 419 g/mol. The van der Waals surface area contributed by atoms with Crippen molar-refractivity contribution in [3.8, 4) is 11.5 Å². The fourth-order valence-corrected chi connectivity index (χ4v) is 3.03. The number of benzene rings is 2. The van der Waals surface area contributed by atoms with Crippen LogP contribution in [0.4, 0.5) is 10.5 Å². The summed E-state index contributed by atoms with van der Waals surface area (Å²) in [4.78, 5) is 35.3. The minimum atomic E-state index is -1.37. The number of phenolic OH excluding ortho intramolecular Hbond substituents is 1. The molecule has 29 heavy (non-hydrogen) atoms. The lowest BCUT2D eigenvalue weighted by Gasteiger charge is -2.21. The van der Waals surface area contributed by atoms with Crippen molar-refractivity contribution in [3.63, 3.8) is 0 Å². The molecule has 150 valence electrons. The molecule has 11 heteroatoms. The number of carbonyl (C=O) groups is 2. The number of nitro benzene ring substituents is 1. The number of halogens is 1. The fourth-order valence-electron chi connectivity index (χ4n) is 2.81. The molecule has 1 heterocycles. The van der Waals surface area contributed by atoms with E-state index in [2.05, 4.69) is 10.4 Å². The predicted molar refractivity (Wildman–Crippen MR) is 103 cm³/mol. The van der Waals surface area contributed by atoms with Crippen molar-refractivity contribution >= 4 is 35.4 Å². The summed E-state index contributed by atoms with van der Waals surface area (Å²) < 4.78 is 5.08. The van der Waals surface area contributed by atoms with Crippen molar-refractivity contribution in [3.05, 3.63) is 62.7 Å². The van der Waals surface area contributed by atoms with E-state index in [1.54, 1.807) is 24.3 Å². The summed E-state index contributed by atoms with van der Waals surface area (Å²) in [6.07, 6.45) is 0.950. The van der Waals surface area contributed by atoms with Crippen LogP contribution in [0.15, 0.2) is 41.5 Å². The van der Waals surface area contributed by atoms with Crippen LogP contribution in [0, 0.1) is 10.1 Å². The van der Waals surface area contributed by atoms with Crippen LogP contribution in [0.5, 0.6) is 11.5 Å². The highest BCUT2D eigenvalue weighted by atomic mass is 35.5. The van der Waals surface area contributed by atoms with Crippen LogP contribution < -0.4 is 10.1 Å². The molecule has 0 bridgehead atoms. The highest BCUT2D eigenvalue weighted by Gasteiger charge is 2.49. The number of methoxy groups -OCH3 is 1. The van der Waals surface area contributed by atoms with Crippen molar-refractivity contribution in [1.29, 1.82) is 0 Å². The van der Waals surface area contributed by atoms with Crippen LogP contribution in [-0.4, -0.2) is 40.3 Å². The van der Waals surface area contributed by atoms with E-state index in [9.17, 15) is 24.8 Å². The van der Waals surface area contributed by atoms with Crippen molar-refractivity contribution in [2.75, 3.05) is 7.11 Å². The second-order valence-electron chi connectivity index (χ2n) is 6.27. The number of rotatable bonds is 5.